The fourth-order valence-electron chi connectivity index (χ4n) is 5.38. The Morgan fingerprint density at radius 3 is 2.42 bits per heavy atom. The van der Waals surface area contributed by atoms with Gasteiger partial charge in [0.1, 0.15) is 5.75 Å². The van der Waals surface area contributed by atoms with Gasteiger partial charge in [-0.25, -0.2) is 0 Å². The van der Waals surface area contributed by atoms with Crippen LogP contribution in [0.1, 0.15) is 66.7 Å². The Labute approximate surface area is 216 Å². The summed E-state index contributed by atoms with van der Waals surface area (Å²) in [4.78, 5) is 18.3. The standard InChI is InChI=1S/C32H40N2O2/c1-23-11-7-8-15-29(23)31(35)34-20-10-12-25(30(34)24-16-18-28(36-6)19-17-24)22-33(5)27-14-9-13-26(21-27)32(2,3)4/h7-9,11,13-19,21,25,30H,10,12,20,22H2,1-6H3/t25-,30+/m1/s1. The second kappa shape index (κ2) is 10.8. The molecule has 0 unspecified atom stereocenters. The number of carbonyl (C=O) groups is 1. The van der Waals surface area contributed by atoms with Gasteiger partial charge in [-0.2, -0.15) is 0 Å². The second-order valence-corrected chi connectivity index (χ2v) is 11.1. The Kier molecular flexibility index (Phi) is 7.73. The molecule has 4 heteroatoms. The summed E-state index contributed by atoms with van der Waals surface area (Å²) in [5, 5.41) is 0. The van der Waals surface area contributed by atoms with Gasteiger partial charge in [0.15, 0.2) is 0 Å². The van der Waals surface area contributed by atoms with Crippen LogP contribution in [-0.2, 0) is 5.41 Å². The zero-order valence-electron chi connectivity index (χ0n) is 22.6. The molecule has 1 amide bonds. The van der Waals surface area contributed by atoms with Gasteiger partial charge < -0.3 is 14.5 Å². The highest BCUT2D eigenvalue weighted by Crippen LogP contribution is 2.39. The third-order valence-electron chi connectivity index (χ3n) is 7.51. The predicted molar refractivity (Wildman–Crippen MR) is 149 cm³/mol. The number of rotatable bonds is 6. The molecule has 1 heterocycles. The first-order valence-corrected chi connectivity index (χ1v) is 13.0. The Hall–Kier alpha value is -3.27. The van der Waals surface area contributed by atoms with Gasteiger partial charge in [0.25, 0.3) is 5.91 Å². The highest BCUT2D eigenvalue weighted by molar-refractivity contribution is 5.96. The Morgan fingerprint density at radius 2 is 1.75 bits per heavy atom. The van der Waals surface area contributed by atoms with Crippen molar-refractivity contribution in [3.63, 3.8) is 0 Å². The van der Waals surface area contributed by atoms with Crippen molar-refractivity contribution in [2.75, 3.05) is 32.1 Å². The van der Waals surface area contributed by atoms with Crippen LogP contribution in [0.15, 0.2) is 72.8 Å². The van der Waals surface area contributed by atoms with E-state index in [2.05, 4.69) is 74.0 Å². The number of piperidine rings is 1. The maximum absolute atomic E-state index is 13.9. The Balaban J connectivity index is 1.67. The molecule has 0 radical (unpaired) electrons. The zero-order valence-corrected chi connectivity index (χ0v) is 22.6. The van der Waals surface area contributed by atoms with Crippen LogP contribution in [0.3, 0.4) is 0 Å². The minimum atomic E-state index is 0.00464. The summed E-state index contributed by atoms with van der Waals surface area (Å²) in [6, 6.07) is 25.1. The third kappa shape index (κ3) is 5.59. The van der Waals surface area contributed by atoms with Gasteiger partial charge in [0.2, 0.25) is 0 Å². The molecule has 3 aromatic carbocycles. The number of nitrogens with zero attached hydrogens (tertiary/aromatic N) is 2. The lowest BCUT2D eigenvalue weighted by Crippen LogP contribution is -2.46. The summed E-state index contributed by atoms with van der Waals surface area (Å²) in [7, 11) is 3.86. The van der Waals surface area contributed by atoms with Crippen molar-refractivity contribution in [2.45, 2.75) is 52.0 Å². The van der Waals surface area contributed by atoms with E-state index in [1.165, 1.54) is 16.8 Å². The maximum Gasteiger partial charge on any atom is 0.254 e. The normalized spacial score (nSPS) is 18.1. The average Bonchev–Trinajstić information content (AvgIpc) is 2.88. The number of hydrogen-bond donors (Lipinski definition) is 0. The Morgan fingerprint density at radius 1 is 1.03 bits per heavy atom. The second-order valence-electron chi connectivity index (χ2n) is 11.1. The summed E-state index contributed by atoms with van der Waals surface area (Å²) in [5.41, 5.74) is 5.64. The van der Waals surface area contributed by atoms with E-state index in [9.17, 15) is 4.79 Å². The highest BCUT2D eigenvalue weighted by Gasteiger charge is 2.37. The van der Waals surface area contributed by atoms with Crippen LogP contribution in [0.5, 0.6) is 5.75 Å². The van der Waals surface area contributed by atoms with Crippen LogP contribution in [0, 0.1) is 12.8 Å². The molecule has 1 saturated heterocycles. The quantitative estimate of drug-likeness (QED) is 0.376. The lowest BCUT2D eigenvalue weighted by Gasteiger charge is -2.43. The fraction of sp³-hybridized carbons (Fsp3) is 0.406. The third-order valence-corrected chi connectivity index (χ3v) is 7.51. The number of ether oxygens (including phenoxy) is 1. The molecule has 190 valence electrons. The molecule has 0 N–H and O–H groups in total. The molecule has 3 aromatic rings. The van der Waals surface area contributed by atoms with Crippen molar-refractivity contribution in [3.05, 3.63) is 95.1 Å². The highest BCUT2D eigenvalue weighted by atomic mass is 16.5. The van der Waals surface area contributed by atoms with Crippen molar-refractivity contribution >= 4 is 11.6 Å². The van der Waals surface area contributed by atoms with Gasteiger partial charge >= 0.3 is 0 Å². The predicted octanol–water partition coefficient (Wildman–Crippen LogP) is 7.03. The number of methoxy groups -OCH3 is 1. The van der Waals surface area contributed by atoms with E-state index in [4.69, 9.17) is 4.74 Å². The van der Waals surface area contributed by atoms with Crippen molar-refractivity contribution in [1.82, 2.24) is 4.90 Å². The fourth-order valence-corrected chi connectivity index (χ4v) is 5.38. The van der Waals surface area contributed by atoms with Crippen molar-refractivity contribution in [3.8, 4) is 5.75 Å². The van der Waals surface area contributed by atoms with Crippen LogP contribution < -0.4 is 9.64 Å². The molecule has 4 nitrogen and oxygen atoms in total. The average molecular weight is 485 g/mol. The first-order chi connectivity index (χ1) is 17.2. The van der Waals surface area contributed by atoms with Gasteiger partial charge in [-0.3, -0.25) is 4.79 Å². The first kappa shape index (κ1) is 25.8. The van der Waals surface area contributed by atoms with Crippen LogP contribution in [-0.4, -0.2) is 38.1 Å². The smallest absolute Gasteiger partial charge is 0.254 e. The summed E-state index contributed by atoms with van der Waals surface area (Å²) in [5.74, 6) is 1.26. The zero-order chi connectivity index (χ0) is 25.9. The minimum absolute atomic E-state index is 0.00464. The molecular weight excluding hydrogens is 444 g/mol. The molecule has 0 aromatic heterocycles. The van der Waals surface area contributed by atoms with Crippen LogP contribution in [0.4, 0.5) is 5.69 Å². The molecule has 4 rings (SSSR count). The molecule has 0 aliphatic carbocycles. The molecule has 1 aliphatic heterocycles. The number of amides is 1. The van der Waals surface area contributed by atoms with Gasteiger partial charge in [-0.05, 0) is 72.2 Å². The molecule has 0 spiro atoms. The summed E-state index contributed by atoms with van der Waals surface area (Å²) in [6.45, 7) is 10.4. The van der Waals surface area contributed by atoms with E-state index < -0.39 is 0 Å². The van der Waals surface area contributed by atoms with Gasteiger partial charge in [0, 0.05) is 37.3 Å². The van der Waals surface area contributed by atoms with E-state index in [0.29, 0.717) is 5.92 Å². The van der Waals surface area contributed by atoms with Crippen molar-refractivity contribution < 1.29 is 9.53 Å². The van der Waals surface area contributed by atoms with Crippen LogP contribution >= 0.6 is 0 Å². The molecule has 2 atom stereocenters. The summed E-state index contributed by atoms with van der Waals surface area (Å²) < 4.78 is 5.41. The minimum Gasteiger partial charge on any atom is -0.497 e. The first-order valence-electron chi connectivity index (χ1n) is 13.0. The summed E-state index contributed by atoms with van der Waals surface area (Å²) >= 11 is 0. The van der Waals surface area contributed by atoms with Gasteiger partial charge in [-0.15, -0.1) is 0 Å². The van der Waals surface area contributed by atoms with E-state index in [-0.39, 0.29) is 17.4 Å². The number of carbonyl (C=O) groups excluding carboxylic acids is 1. The molecule has 1 aliphatic rings. The Bertz CT molecular complexity index is 1180. The lowest BCUT2D eigenvalue weighted by atomic mass is 9.83. The van der Waals surface area contributed by atoms with E-state index in [1.54, 1.807) is 7.11 Å². The molecule has 0 saturated carbocycles. The van der Waals surface area contributed by atoms with Crippen molar-refractivity contribution in [1.29, 1.82) is 0 Å². The number of benzene rings is 3. The molecular formula is C32H40N2O2. The number of anilines is 1. The summed E-state index contributed by atoms with van der Waals surface area (Å²) in [6.07, 6.45) is 2.09. The SMILES string of the molecule is COc1ccc([C@H]2[C@@H](CN(C)c3cccc(C(C)(C)C)c3)CCCN2C(=O)c2ccccc2C)cc1. The number of hydrogen-bond acceptors (Lipinski definition) is 3. The molecule has 36 heavy (non-hydrogen) atoms. The monoisotopic (exact) mass is 484 g/mol. The van der Waals surface area contributed by atoms with Gasteiger partial charge in [0.05, 0.1) is 13.2 Å². The van der Waals surface area contributed by atoms with Crippen LogP contribution in [0.25, 0.3) is 0 Å². The molecule has 1 fully saturated rings. The van der Waals surface area contributed by atoms with Crippen LogP contribution in [0.2, 0.25) is 0 Å². The largest absolute Gasteiger partial charge is 0.497 e. The van der Waals surface area contributed by atoms with E-state index in [1.807, 2.05) is 43.3 Å². The van der Waals surface area contributed by atoms with E-state index >= 15 is 0 Å². The molecule has 0 bridgehead atoms. The topological polar surface area (TPSA) is 32.8 Å². The lowest BCUT2D eigenvalue weighted by molar-refractivity contribution is 0.0499. The number of likely N-dealkylation sites (tertiary alicyclic amines) is 1. The maximum atomic E-state index is 13.9. The van der Waals surface area contributed by atoms with Crippen molar-refractivity contribution in [2.24, 2.45) is 5.92 Å². The van der Waals surface area contributed by atoms with Gasteiger partial charge in [-0.1, -0.05) is 63.2 Å². The van der Waals surface area contributed by atoms with E-state index in [0.717, 1.165) is 42.8 Å². The number of aryl methyl sites for hydroxylation is 1.